The highest BCUT2D eigenvalue weighted by molar-refractivity contribution is 7.22. The number of aromatic nitrogens is 1. The normalized spacial score (nSPS) is 10.8. The van der Waals surface area contributed by atoms with Crippen molar-refractivity contribution in [3.05, 3.63) is 47.8 Å². The molecule has 0 aliphatic heterocycles. The van der Waals surface area contributed by atoms with Gasteiger partial charge >= 0.3 is 0 Å². The molecule has 0 radical (unpaired) electrons. The van der Waals surface area contributed by atoms with Crippen molar-refractivity contribution in [2.75, 3.05) is 12.4 Å². The molecule has 0 fully saturated rings. The van der Waals surface area contributed by atoms with Crippen LogP contribution in [0.15, 0.2) is 36.4 Å². The molecule has 0 saturated heterocycles. The highest BCUT2D eigenvalue weighted by Gasteiger charge is 2.08. The number of thiazole rings is 1. The van der Waals surface area contributed by atoms with Gasteiger partial charge in [-0.3, -0.25) is 0 Å². The number of aryl methyl sites for hydroxylation is 1. The summed E-state index contributed by atoms with van der Waals surface area (Å²) < 4.78 is 19.5. The van der Waals surface area contributed by atoms with Crippen molar-refractivity contribution in [1.29, 1.82) is 0 Å². The molecule has 0 aliphatic rings. The Balaban J connectivity index is 1.95. The van der Waals surface area contributed by atoms with Crippen LogP contribution >= 0.6 is 11.3 Å². The number of fused-ring (bicyclic) bond motifs is 1. The van der Waals surface area contributed by atoms with Crippen LogP contribution in [0, 0.1) is 12.7 Å². The van der Waals surface area contributed by atoms with Gasteiger partial charge in [0.25, 0.3) is 0 Å². The zero-order valence-corrected chi connectivity index (χ0v) is 11.9. The van der Waals surface area contributed by atoms with E-state index in [-0.39, 0.29) is 11.6 Å². The quantitative estimate of drug-likeness (QED) is 0.770. The van der Waals surface area contributed by atoms with Gasteiger partial charge in [-0.2, -0.15) is 0 Å². The minimum absolute atomic E-state index is 0.215. The molecule has 3 aromatic rings. The van der Waals surface area contributed by atoms with E-state index in [0.717, 1.165) is 26.6 Å². The van der Waals surface area contributed by atoms with Crippen LogP contribution < -0.4 is 10.1 Å². The number of rotatable bonds is 3. The standard InChI is InChI=1S/C15H13FN2OS/c1-9-4-3-5-13-14(9)18-15(20-13)17-10-6-7-11(16)12(8-10)19-2/h3-8H,1-2H3,(H,17,18). The van der Waals surface area contributed by atoms with Crippen LogP contribution in [0.2, 0.25) is 0 Å². The molecular weight excluding hydrogens is 275 g/mol. The fourth-order valence-electron chi connectivity index (χ4n) is 2.00. The van der Waals surface area contributed by atoms with E-state index in [4.69, 9.17) is 4.74 Å². The highest BCUT2D eigenvalue weighted by Crippen LogP contribution is 2.31. The first-order chi connectivity index (χ1) is 9.67. The van der Waals surface area contributed by atoms with E-state index in [2.05, 4.69) is 10.3 Å². The van der Waals surface area contributed by atoms with E-state index in [9.17, 15) is 4.39 Å². The van der Waals surface area contributed by atoms with Crippen LogP contribution in [0.25, 0.3) is 10.2 Å². The number of benzene rings is 2. The monoisotopic (exact) mass is 288 g/mol. The summed E-state index contributed by atoms with van der Waals surface area (Å²) in [5.74, 6) is -0.162. The Kier molecular flexibility index (Phi) is 3.28. The smallest absolute Gasteiger partial charge is 0.188 e. The van der Waals surface area contributed by atoms with Crippen molar-refractivity contribution in [2.24, 2.45) is 0 Å². The SMILES string of the molecule is COc1cc(Nc2nc3c(C)cccc3s2)ccc1F. The van der Waals surface area contributed by atoms with E-state index in [1.165, 1.54) is 13.2 Å². The number of hydrogen-bond acceptors (Lipinski definition) is 4. The third-order valence-electron chi connectivity index (χ3n) is 3.02. The largest absolute Gasteiger partial charge is 0.494 e. The summed E-state index contributed by atoms with van der Waals surface area (Å²) >= 11 is 1.57. The van der Waals surface area contributed by atoms with Crippen molar-refractivity contribution >= 4 is 32.4 Å². The molecule has 2 aromatic carbocycles. The van der Waals surface area contributed by atoms with E-state index >= 15 is 0 Å². The van der Waals surface area contributed by atoms with Gasteiger partial charge in [-0.1, -0.05) is 23.5 Å². The first-order valence-electron chi connectivity index (χ1n) is 6.14. The summed E-state index contributed by atoms with van der Waals surface area (Å²) in [4.78, 5) is 4.56. The van der Waals surface area contributed by atoms with E-state index in [1.54, 1.807) is 23.5 Å². The van der Waals surface area contributed by atoms with Gasteiger partial charge < -0.3 is 10.1 Å². The van der Waals surface area contributed by atoms with Crippen LogP contribution in [-0.4, -0.2) is 12.1 Å². The highest BCUT2D eigenvalue weighted by atomic mass is 32.1. The average Bonchev–Trinajstić information content (AvgIpc) is 2.85. The summed E-state index contributed by atoms with van der Waals surface area (Å²) in [6.45, 7) is 2.03. The molecule has 1 N–H and O–H groups in total. The third kappa shape index (κ3) is 2.32. The van der Waals surface area contributed by atoms with Crippen LogP contribution in [0.3, 0.4) is 0 Å². The molecule has 0 aliphatic carbocycles. The summed E-state index contributed by atoms with van der Waals surface area (Å²) in [5, 5.41) is 3.96. The number of nitrogens with zero attached hydrogens (tertiary/aromatic N) is 1. The Morgan fingerprint density at radius 3 is 2.85 bits per heavy atom. The Bertz CT molecular complexity index is 770. The average molecular weight is 288 g/mol. The van der Waals surface area contributed by atoms with Crippen molar-refractivity contribution in [3.63, 3.8) is 0 Å². The lowest BCUT2D eigenvalue weighted by Gasteiger charge is -2.06. The molecule has 0 spiro atoms. The summed E-state index contributed by atoms with van der Waals surface area (Å²) in [6.07, 6.45) is 0. The molecule has 0 saturated carbocycles. The van der Waals surface area contributed by atoms with Crippen LogP contribution in [0.4, 0.5) is 15.2 Å². The van der Waals surface area contributed by atoms with Gasteiger partial charge in [-0.25, -0.2) is 9.37 Å². The first kappa shape index (κ1) is 12.9. The lowest BCUT2D eigenvalue weighted by atomic mass is 10.2. The van der Waals surface area contributed by atoms with Gasteiger partial charge in [0.2, 0.25) is 0 Å². The van der Waals surface area contributed by atoms with Gasteiger partial charge in [-0.15, -0.1) is 0 Å². The summed E-state index contributed by atoms with van der Waals surface area (Å²) in [6, 6.07) is 10.7. The minimum atomic E-state index is -0.377. The molecule has 3 nitrogen and oxygen atoms in total. The maximum atomic E-state index is 13.4. The Morgan fingerprint density at radius 2 is 2.10 bits per heavy atom. The topological polar surface area (TPSA) is 34.1 Å². The van der Waals surface area contributed by atoms with Gasteiger partial charge in [0.15, 0.2) is 16.7 Å². The summed E-state index contributed by atoms with van der Waals surface area (Å²) in [7, 11) is 1.45. The van der Waals surface area contributed by atoms with E-state index < -0.39 is 0 Å². The number of anilines is 2. The van der Waals surface area contributed by atoms with Crippen molar-refractivity contribution in [3.8, 4) is 5.75 Å². The summed E-state index contributed by atoms with van der Waals surface area (Å²) in [5.41, 5.74) is 2.89. The Labute approximate surface area is 120 Å². The second kappa shape index (κ2) is 5.09. The maximum absolute atomic E-state index is 13.4. The lowest BCUT2D eigenvalue weighted by molar-refractivity contribution is 0.387. The molecule has 5 heteroatoms. The van der Waals surface area contributed by atoms with Crippen LogP contribution in [0.5, 0.6) is 5.75 Å². The zero-order chi connectivity index (χ0) is 14.1. The molecule has 3 rings (SSSR count). The fraction of sp³-hybridized carbons (Fsp3) is 0.133. The molecular formula is C15H13FN2OS. The molecule has 0 amide bonds. The number of para-hydroxylation sites is 1. The number of ether oxygens (including phenoxy) is 1. The Morgan fingerprint density at radius 1 is 1.25 bits per heavy atom. The van der Waals surface area contributed by atoms with Gasteiger partial charge in [0.05, 0.1) is 17.3 Å². The second-order valence-electron chi connectivity index (χ2n) is 4.41. The third-order valence-corrected chi connectivity index (χ3v) is 3.96. The molecule has 1 aromatic heterocycles. The van der Waals surface area contributed by atoms with E-state index in [0.29, 0.717) is 0 Å². The van der Waals surface area contributed by atoms with Crippen molar-refractivity contribution in [1.82, 2.24) is 4.98 Å². The number of hydrogen-bond donors (Lipinski definition) is 1. The number of halogens is 1. The first-order valence-corrected chi connectivity index (χ1v) is 6.96. The predicted molar refractivity (Wildman–Crippen MR) is 80.6 cm³/mol. The second-order valence-corrected chi connectivity index (χ2v) is 5.45. The predicted octanol–water partition coefficient (Wildman–Crippen LogP) is 4.50. The molecule has 1 heterocycles. The zero-order valence-electron chi connectivity index (χ0n) is 11.1. The Hall–Kier alpha value is -2.14. The van der Waals surface area contributed by atoms with Crippen molar-refractivity contribution < 1.29 is 9.13 Å². The maximum Gasteiger partial charge on any atom is 0.188 e. The molecule has 102 valence electrons. The van der Waals surface area contributed by atoms with Gasteiger partial charge in [0.1, 0.15) is 0 Å². The lowest BCUT2D eigenvalue weighted by Crippen LogP contribution is -1.93. The number of methoxy groups -OCH3 is 1. The van der Waals surface area contributed by atoms with Crippen molar-refractivity contribution in [2.45, 2.75) is 6.92 Å². The fourth-order valence-corrected chi connectivity index (χ4v) is 2.96. The van der Waals surface area contributed by atoms with Crippen LogP contribution in [-0.2, 0) is 0 Å². The van der Waals surface area contributed by atoms with Crippen LogP contribution in [0.1, 0.15) is 5.56 Å². The molecule has 0 atom stereocenters. The van der Waals surface area contributed by atoms with Gasteiger partial charge in [-0.05, 0) is 30.7 Å². The molecule has 20 heavy (non-hydrogen) atoms. The molecule has 0 unspecified atom stereocenters. The van der Waals surface area contributed by atoms with E-state index in [1.807, 2.05) is 25.1 Å². The molecule has 0 bridgehead atoms. The van der Waals surface area contributed by atoms with Gasteiger partial charge in [0, 0.05) is 11.8 Å². The number of nitrogens with one attached hydrogen (secondary N) is 1. The minimum Gasteiger partial charge on any atom is -0.494 e.